The van der Waals surface area contributed by atoms with E-state index in [2.05, 4.69) is 14.9 Å². The van der Waals surface area contributed by atoms with Crippen LogP contribution in [0.3, 0.4) is 0 Å². The predicted molar refractivity (Wildman–Crippen MR) is 133 cm³/mol. The fraction of sp³-hybridized carbons (Fsp3) is 0.167. The zero-order chi connectivity index (χ0) is 26.8. The lowest BCUT2D eigenvalue weighted by Gasteiger charge is -2.14. The molecule has 0 bridgehead atoms. The van der Waals surface area contributed by atoms with Crippen LogP contribution in [0.4, 0.5) is 17.6 Å². The van der Waals surface area contributed by atoms with Gasteiger partial charge in [-0.3, -0.25) is 4.57 Å². The van der Waals surface area contributed by atoms with Crippen molar-refractivity contribution in [3.63, 3.8) is 0 Å². The summed E-state index contributed by atoms with van der Waals surface area (Å²) in [6.07, 6.45) is -4.69. The number of sulfonamides is 1. The molecule has 0 aliphatic heterocycles. The largest absolute Gasteiger partial charge is 0.416 e. The van der Waals surface area contributed by atoms with Crippen LogP contribution in [0.1, 0.15) is 22.5 Å². The van der Waals surface area contributed by atoms with Gasteiger partial charge >= 0.3 is 6.18 Å². The number of nitrogens with zero attached hydrogens (tertiary/aromatic N) is 3. The molecule has 1 aromatic heterocycles. The van der Waals surface area contributed by atoms with Crippen molar-refractivity contribution < 1.29 is 26.0 Å². The third-order valence-corrected chi connectivity index (χ3v) is 7.92. The first-order chi connectivity index (χ1) is 17.4. The zero-order valence-corrected chi connectivity index (χ0v) is 21.5. The standard InChI is InChI=1S/C24H19ClF4N4O2S2/c1-15-5-8-18(25)12-21(15)33-22(31-32-23(33)36-14-16-6-9-19(26)10-7-16)13-30-37(34,35)20-4-2-3-17(11-20)24(27,28)29/h2-12,30H,13-14H2,1H3. The molecule has 1 heterocycles. The van der Waals surface area contributed by atoms with Gasteiger partial charge in [-0.15, -0.1) is 10.2 Å². The maximum atomic E-state index is 13.2. The summed E-state index contributed by atoms with van der Waals surface area (Å²) in [7, 11) is -4.31. The summed E-state index contributed by atoms with van der Waals surface area (Å²) in [4.78, 5) is -0.529. The normalized spacial score (nSPS) is 12.2. The first-order valence-electron chi connectivity index (χ1n) is 10.7. The number of hydrogen-bond donors (Lipinski definition) is 1. The summed E-state index contributed by atoms with van der Waals surface area (Å²) in [5.74, 6) is 0.262. The lowest BCUT2D eigenvalue weighted by Crippen LogP contribution is -2.25. The average molecular weight is 571 g/mol. The van der Waals surface area contributed by atoms with Crippen molar-refractivity contribution in [3.05, 3.63) is 100 Å². The van der Waals surface area contributed by atoms with Gasteiger partial charge in [0.05, 0.1) is 22.7 Å². The Labute approximate surface area is 219 Å². The summed E-state index contributed by atoms with van der Waals surface area (Å²) in [6, 6.07) is 14.6. The number of aryl methyl sites for hydroxylation is 1. The lowest BCUT2D eigenvalue weighted by atomic mass is 10.2. The summed E-state index contributed by atoms with van der Waals surface area (Å²) < 4.78 is 82.0. The molecule has 6 nitrogen and oxygen atoms in total. The van der Waals surface area contributed by atoms with E-state index in [1.54, 1.807) is 34.9 Å². The molecule has 1 N–H and O–H groups in total. The summed E-state index contributed by atoms with van der Waals surface area (Å²) in [5, 5.41) is 9.17. The highest BCUT2D eigenvalue weighted by molar-refractivity contribution is 7.98. The fourth-order valence-electron chi connectivity index (χ4n) is 3.38. The molecule has 0 fully saturated rings. The molecular weight excluding hydrogens is 552 g/mol. The molecular formula is C24H19ClF4N4O2S2. The maximum absolute atomic E-state index is 13.2. The van der Waals surface area contributed by atoms with E-state index in [1.807, 2.05) is 6.92 Å². The molecule has 3 aromatic carbocycles. The number of rotatable bonds is 8. The van der Waals surface area contributed by atoms with Gasteiger partial charge in [0.2, 0.25) is 10.0 Å². The SMILES string of the molecule is Cc1ccc(Cl)cc1-n1c(CNS(=O)(=O)c2cccc(C(F)(F)F)c2)nnc1SCc1ccc(F)cc1. The molecule has 0 saturated carbocycles. The Kier molecular flexibility index (Phi) is 7.93. The van der Waals surface area contributed by atoms with Crippen LogP contribution in [0.25, 0.3) is 5.69 Å². The van der Waals surface area contributed by atoms with Gasteiger partial charge in [-0.2, -0.15) is 13.2 Å². The fourth-order valence-corrected chi connectivity index (χ4v) is 5.50. The van der Waals surface area contributed by atoms with Crippen LogP contribution in [0.5, 0.6) is 0 Å². The Morgan fingerprint density at radius 2 is 1.76 bits per heavy atom. The van der Waals surface area contributed by atoms with Crippen LogP contribution < -0.4 is 4.72 Å². The minimum Gasteiger partial charge on any atom is -0.273 e. The van der Waals surface area contributed by atoms with E-state index in [-0.39, 0.29) is 18.2 Å². The molecule has 194 valence electrons. The van der Waals surface area contributed by atoms with Gasteiger partial charge < -0.3 is 0 Å². The monoisotopic (exact) mass is 570 g/mol. The zero-order valence-electron chi connectivity index (χ0n) is 19.1. The van der Waals surface area contributed by atoms with Crippen LogP contribution in [-0.4, -0.2) is 23.2 Å². The Bertz CT molecular complexity index is 1520. The Hall–Kier alpha value is -2.93. The molecule has 0 unspecified atom stereocenters. The highest BCUT2D eigenvalue weighted by atomic mass is 35.5. The van der Waals surface area contributed by atoms with Crippen molar-refractivity contribution in [2.24, 2.45) is 0 Å². The number of nitrogens with one attached hydrogen (secondary N) is 1. The highest BCUT2D eigenvalue weighted by Crippen LogP contribution is 2.31. The molecule has 0 atom stereocenters. The molecule has 4 aromatic rings. The topological polar surface area (TPSA) is 76.9 Å². The second kappa shape index (κ2) is 10.8. The van der Waals surface area contributed by atoms with Crippen LogP contribution in [0.15, 0.2) is 76.8 Å². The summed E-state index contributed by atoms with van der Waals surface area (Å²) >= 11 is 7.50. The molecule has 0 aliphatic rings. The number of benzene rings is 3. The molecule has 37 heavy (non-hydrogen) atoms. The van der Waals surface area contributed by atoms with E-state index in [9.17, 15) is 26.0 Å². The average Bonchev–Trinajstić information content (AvgIpc) is 3.26. The third-order valence-electron chi connectivity index (χ3n) is 5.29. The van der Waals surface area contributed by atoms with E-state index in [0.717, 1.165) is 29.3 Å². The number of aromatic nitrogens is 3. The van der Waals surface area contributed by atoms with Gasteiger partial charge in [-0.05, 0) is 60.5 Å². The number of thioether (sulfide) groups is 1. The van der Waals surface area contributed by atoms with Gasteiger partial charge in [0.1, 0.15) is 5.82 Å². The summed E-state index contributed by atoms with van der Waals surface area (Å²) in [5.41, 5.74) is 1.16. The molecule has 0 aliphatic carbocycles. The van der Waals surface area contributed by atoms with Crippen molar-refractivity contribution in [3.8, 4) is 5.69 Å². The molecule has 0 saturated heterocycles. The smallest absolute Gasteiger partial charge is 0.273 e. The number of hydrogen-bond acceptors (Lipinski definition) is 5. The van der Waals surface area contributed by atoms with Gasteiger partial charge in [0.15, 0.2) is 11.0 Å². The van der Waals surface area contributed by atoms with E-state index in [4.69, 9.17) is 11.6 Å². The van der Waals surface area contributed by atoms with Crippen molar-refractivity contribution >= 4 is 33.4 Å². The van der Waals surface area contributed by atoms with Gasteiger partial charge in [-0.25, -0.2) is 17.5 Å². The van der Waals surface area contributed by atoms with Crippen LogP contribution in [0.2, 0.25) is 5.02 Å². The van der Waals surface area contributed by atoms with Gasteiger partial charge in [0, 0.05) is 10.8 Å². The molecule has 0 amide bonds. The van der Waals surface area contributed by atoms with E-state index in [0.29, 0.717) is 27.7 Å². The predicted octanol–water partition coefficient (Wildman–Crippen LogP) is 6.16. The minimum absolute atomic E-state index is 0.197. The van der Waals surface area contributed by atoms with Crippen molar-refractivity contribution in [1.82, 2.24) is 19.5 Å². The third kappa shape index (κ3) is 6.50. The molecule has 0 spiro atoms. The van der Waals surface area contributed by atoms with Gasteiger partial charge in [-0.1, -0.05) is 47.6 Å². The molecule has 13 heteroatoms. The quantitative estimate of drug-likeness (QED) is 0.203. The number of halogens is 5. The van der Waals surface area contributed by atoms with E-state index >= 15 is 0 Å². The second-order valence-corrected chi connectivity index (χ2v) is 11.1. The van der Waals surface area contributed by atoms with Crippen molar-refractivity contribution in [1.29, 1.82) is 0 Å². The Balaban J connectivity index is 1.64. The van der Waals surface area contributed by atoms with Crippen molar-refractivity contribution in [2.45, 2.75) is 35.4 Å². The molecule has 4 rings (SSSR count). The molecule has 0 radical (unpaired) electrons. The van der Waals surface area contributed by atoms with Gasteiger partial charge in [0.25, 0.3) is 0 Å². The highest BCUT2D eigenvalue weighted by Gasteiger charge is 2.31. The minimum atomic E-state index is -4.69. The van der Waals surface area contributed by atoms with Crippen LogP contribution in [0, 0.1) is 12.7 Å². The van der Waals surface area contributed by atoms with E-state index in [1.165, 1.54) is 23.9 Å². The second-order valence-electron chi connectivity index (χ2n) is 7.93. The van der Waals surface area contributed by atoms with E-state index < -0.39 is 26.7 Å². The number of alkyl halides is 3. The lowest BCUT2D eigenvalue weighted by molar-refractivity contribution is -0.137. The maximum Gasteiger partial charge on any atom is 0.416 e. The Morgan fingerprint density at radius 1 is 1.03 bits per heavy atom. The van der Waals surface area contributed by atoms with Crippen molar-refractivity contribution in [2.75, 3.05) is 0 Å². The van der Waals surface area contributed by atoms with Crippen LogP contribution >= 0.6 is 23.4 Å². The van der Waals surface area contributed by atoms with Crippen LogP contribution in [-0.2, 0) is 28.5 Å². The summed E-state index contributed by atoms with van der Waals surface area (Å²) in [6.45, 7) is 1.48. The first-order valence-corrected chi connectivity index (χ1v) is 13.5. The first kappa shape index (κ1) is 27.1. The Morgan fingerprint density at radius 3 is 2.46 bits per heavy atom.